The number of carbonyl (C=O) groups excluding carboxylic acids is 1. The molecule has 0 radical (unpaired) electrons. The van der Waals surface area contributed by atoms with E-state index in [0.717, 1.165) is 27.4 Å². The highest BCUT2D eigenvalue weighted by atomic mass is 35.5. The first-order valence-corrected chi connectivity index (χ1v) is 9.00. The van der Waals surface area contributed by atoms with E-state index >= 15 is 0 Å². The molecule has 0 aliphatic carbocycles. The van der Waals surface area contributed by atoms with Crippen molar-refractivity contribution < 1.29 is 9.63 Å². The molecular formula is C17H17ClN4O2S. The fourth-order valence-electron chi connectivity index (χ4n) is 2.47. The molecule has 0 fully saturated rings. The Morgan fingerprint density at radius 3 is 2.92 bits per heavy atom. The summed E-state index contributed by atoms with van der Waals surface area (Å²) in [5.41, 5.74) is 2.11. The Bertz CT molecular complexity index is 928. The zero-order valence-electron chi connectivity index (χ0n) is 14.1. The van der Waals surface area contributed by atoms with E-state index in [0.29, 0.717) is 10.6 Å². The highest BCUT2D eigenvalue weighted by Gasteiger charge is 2.22. The Kier molecular flexibility index (Phi) is 5.27. The molecule has 3 aromatic rings. The van der Waals surface area contributed by atoms with Gasteiger partial charge in [-0.05, 0) is 30.0 Å². The molecule has 130 valence electrons. The van der Waals surface area contributed by atoms with Crippen LogP contribution in [0.1, 0.15) is 17.3 Å². The van der Waals surface area contributed by atoms with Gasteiger partial charge in [0.25, 0.3) is 5.91 Å². The number of carbonyl (C=O) groups is 1. The normalized spacial score (nSPS) is 11.0. The van der Waals surface area contributed by atoms with Crippen LogP contribution < -0.4 is 0 Å². The fraction of sp³-hybridized carbons (Fsp3) is 0.235. The van der Waals surface area contributed by atoms with Crippen LogP contribution in [0, 0.1) is 0 Å². The van der Waals surface area contributed by atoms with Crippen LogP contribution >= 0.6 is 23.4 Å². The highest BCUT2D eigenvalue weighted by molar-refractivity contribution is 7.99. The predicted molar refractivity (Wildman–Crippen MR) is 99.4 cm³/mol. The molecule has 0 saturated heterocycles. The third-order valence-corrected chi connectivity index (χ3v) is 4.90. The lowest BCUT2D eigenvalue weighted by Crippen LogP contribution is -2.25. The zero-order chi connectivity index (χ0) is 18.0. The molecule has 0 atom stereocenters. The second-order valence-electron chi connectivity index (χ2n) is 5.18. The maximum absolute atomic E-state index is 12.5. The average Bonchev–Trinajstić information content (AvgIpc) is 3.03. The van der Waals surface area contributed by atoms with Crippen molar-refractivity contribution in [3.63, 3.8) is 0 Å². The number of fused-ring (bicyclic) bond motifs is 1. The van der Waals surface area contributed by atoms with Crippen molar-refractivity contribution in [3.05, 3.63) is 47.2 Å². The first-order valence-electron chi connectivity index (χ1n) is 7.64. The van der Waals surface area contributed by atoms with Gasteiger partial charge in [-0.25, -0.2) is 9.75 Å². The molecule has 3 rings (SSSR count). The summed E-state index contributed by atoms with van der Waals surface area (Å²) in [5.74, 6) is 0.559. The monoisotopic (exact) mass is 376 g/mol. The molecule has 25 heavy (non-hydrogen) atoms. The highest BCUT2D eigenvalue weighted by Crippen LogP contribution is 2.30. The number of thioether (sulfide) groups is 1. The molecule has 0 spiro atoms. The number of hydrogen-bond donors (Lipinski definition) is 0. The molecular weight excluding hydrogens is 360 g/mol. The van der Waals surface area contributed by atoms with Crippen LogP contribution in [0.4, 0.5) is 0 Å². The van der Waals surface area contributed by atoms with Crippen molar-refractivity contribution in [2.24, 2.45) is 0 Å². The minimum Gasteiger partial charge on any atom is -0.274 e. The number of nitrogens with zero attached hydrogens (tertiary/aromatic N) is 4. The van der Waals surface area contributed by atoms with Gasteiger partial charge in [-0.15, -0.1) is 11.8 Å². The van der Waals surface area contributed by atoms with Crippen molar-refractivity contribution in [2.45, 2.75) is 11.9 Å². The van der Waals surface area contributed by atoms with Gasteiger partial charge in [0.05, 0.1) is 30.1 Å². The van der Waals surface area contributed by atoms with Crippen molar-refractivity contribution in [2.75, 3.05) is 19.9 Å². The standard InChI is InChI=1S/C17H17ClN4O2S/c1-4-25-17-13(16(23)21(2)24-3)10-20-22(17)15-7-8-19-14-9-11(18)5-6-12(14)15/h5-10H,4H2,1-3H3. The minimum absolute atomic E-state index is 0.244. The number of benzene rings is 1. The molecule has 1 amide bonds. The first-order chi connectivity index (χ1) is 12.1. The van der Waals surface area contributed by atoms with E-state index in [4.69, 9.17) is 16.4 Å². The summed E-state index contributed by atoms with van der Waals surface area (Å²) in [7, 11) is 3.03. The molecule has 0 aliphatic rings. The minimum atomic E-state index is -0.244. The van der Waals surface area contributed by atoms with E-state index in [1.807, 2.05) is 25.1 Å². The largest absolute Gasteiger partial charge is 0.281 e. The molecule has 6 nitrogen and oxygen atoms in total. The van der Waals surface area contributed by atoms with Gasteiger partial charge >= 0.3 is 0 Å². The summed E-state index contributed by atoms with van der Waals surface area (Å²) < 4.78 is 1.77. The SMILES string of the molecule is CCSc1c(C(=O)N(C)OC)cnn1-c1ccnc2cc(Cl)ccc12. The van der Waals surface area contributed by atoms with Gasteiger partial charge in [-0.1, -0.05) is 18.5 Å². The quantitative estimate of drug-likeness (QED) is 0.500. The Morgan fingerprint density at radius 1 is 1.40 bits per heavy atom. The van der Waals surface area contributed by atoms with Gasteiger partial charge in [0.15, 0.2) is 0 Å². The van der Waals surface area contributed by atoms with E-state index in [9.17, 15) is 4.79 Å². The fourth-order valence-corrected chi connectivity index (χ4v) is 3.48. The van der Waals surface area contributed by atoms with Gasteiger partial charge in [-0.2, -0.15) is 5.10 Å². The summed E-state index contributed by atoms with van der Waals surface area (Å²) in [6.45, 7) is 2.03. The summed E-state index contributed by atoms with van der Waals surface area (Å²) >= 11 is 7.61. The first kappa shape index (κ1) is 17.7. The number of halogens is 1. The van der Waals surface area contributed by atoms with Crippen LogP contribution in [0.2, 0.25) is 5.02 Å². The molecule has 0 unspecified atom stereocenters. The van der Waals surface area contributed by atoms with E-state index in [1.54, 1.807) is 42.0 Å². The van der Waals surface area contributed by atoms with E-state index < -0.39 is 0 Å². The summed E-state index contributed by atoms with van der Waals surface area (Å²) in [6.07, 6.45) is 3.27. The van der Waals surface area contributed by atoms with Gasteiger partial charge in [0.1, 0.15) is 5.03 Å². The summed E-state index contributed by atoms with van der Waals surface area (Å²) in [6, 6.07) is 7.40. The van der Waals surface area contributed by atoms with E-state index in [1.165, 1.54) is 12.2 Å². The smallest absolute Gasteiger partial charge is 0.274 e. The van der Waals surface area contributed by atoms with Crippen molar-refractivity contribution in [1.82, 2.24) is 19.8 Å². The van der Waals surface area contributed by atoms with Crippen molar-refractivity contribution in [3.8, 4) is 5.69 Å². The molecule has 0 bridgehead atoms. The maximum Gasteiger partial charge on any atom is 0.281 e. The lowest BCUT2D eigenvalue weighted by Gasteiger charge is -2.14. The van der Waals surface area contributed by atoms with Gasteiger partial charge < -0.3 is 0 Å². The number of aromatic nitrogens is 3. The number of hydrogen-bond acceptors (Lipinski definition) is 5. The van der Waals surface area contributed by atoms with Gasteiger partial charge in [-0.3, -0.25) is 14.6 Å². The van der Waals surface area contributed by atoms with Crippen molar-refractivity contribution in [1.29, 1.82) is 0 Å². The summed E-state index contributed by atoms with van der Waals surface area (Å²) in [5, 5.41) is 7.93. The van der Waals surface area contributed by atoms with Crippen LogP contribution in [0.15, 0.2) is 41.7 Å². The van der Waals surface area contributed by atoms with E-state index in [2.05, 4.69) is 10.1 Å². The number of amides is 1. The maximum atomic E-state index is 12.5. The third kappa shape index (κ3) is 3.35. The van der Waals surface area contributed by atoms with E-state index in [-0.39, 0.29) is 5.91 Å². The molecule has 8 heteroatoms. The molecule has 2 aromatic heterocycles. The lowest BCUT2D eigenvalue weighted by atomic mass is 10.2. The molecule has 0 saturated carbocycles. The van der Waals surface area contributed by atoms with Crippen LogP contribution in [0.3, 0.4) is 0 Å². The summed E-state index contributed by atoms with van der Waals surface area (Å²) in [4.78, 5) is 21.9. The van der Waals surface area contributed by atoms with Crippen LogP contribution in [-0.2, 0) is 4.84 Å². The number of rotatable bonds is 5. The lowest BCUT2D eigenvalue weighted by molar-refractivity contribution is -0.0759. The Labute approximate surface area is 154 Å². The molecule has 0 N–H and O–H groups in total. The Morgan fingerprint density at radius 2 is 2.20 bits per heavy atom. The average molecular weight is 377 g/mol. The second kappa shape index (κ2) is 7.43. The second-order valence-corrected chi connectivity index (χ2v) is 6.87. The Balaban J connectivity index is 2.18. The third-order valence-electron chi connectivity index (χ3n) is 3.71. The molecule has 1 aromatic carbocycles. The predicted octanol–water partition coefficient (Wildman–Crippen LogP) is 3.82. The van der Waals surface area contributed by atoms with Crippen LogP contribution in [0.25, 0.3) is 16.6 Å². The Hall–Kier alpha value is -2.09. The van der Waals surface area contributed by atoms with Crippen molar-refractivity contribution >= 4 is 40.2 Å². The topological polar surface area (TPSA) is 60.3 Å². The molecule has 0 aliphatic heterocycles. The van der Waals surface area contributed by atoms with Crippen LogP contribution in [-0.4, -0.2) is 45.6 Å². The zero-order valence-corrected chi connectivity index (χ0v) is 15.6. The van der Waals surface area contributed by atoms with Gasteiger partial charge in [0.2, 0.25) is 0 Å². The number of pyridine rings is 1. The van der Waals surface area contributed by atoms with Crippen LogP contribution in [0.5, 0.6) is 0 Å². The van der Waals surface area contributed by atoms with Gasteiger partial charge in [0, 0.05) is 23.7 Å². The molecule has 2 heterocycles. The number of hydroxylamine groups is 2.